The van der Waals surface area contributed by atoms with Gasteiger partial charge in [0.05, 0.1) is 10.3 Å². The van der Waals surface area contributed by atoms with E-state index in [2.05, 4.69) is 10.3 Å². The molecule has 3 N–H and O–H groups in total. The van der Waals surface area contributed by atoms with Gasteiger partial charge in [-0.2, -0.15) is 0 Å². The lowest BCUT2D eigenvalue weighted by Gasteiger charge is -2.20. The Morgan fingerprint density at radius 1 is 1.50 bits per heavy atom. The third kappa shape index (κ3) is 2.73. The van der Waals surface area contributed by atoms with E-state index in [1.165, 1.54) is 6.20 Å². The number of amides is 1. The summed E-state index contributed by atoms with van der Waals surface area (Å²) in [6, 6.07) is 4.78. The van der Waals surface area contributed by atoms with E-state index in [0.29, 0.717) is 0 Å². The number of carbonyl (C=O) groups is 1. The lowest BCUT2D eigenvalue weighted by molar-refractivity contribution is -0.385. The summed E-state index contributed by atoms with van der Waals surface area (Å²) in [4.78, 5) is 37.9. The van der Waals surface area contributed by atoms with Crippen LogP contribution in [-0.4, -0.2) is 26.8 Å². The Balaban J connectivity index is 2.53. The summed E-state index contributed by atoms with van der Waals surface area (Å²) in [5.41, 5.74) is 3.09. The van der Waals surface area contributed by atoms with E-state index >= 15 is 0 Å². The first-order chi connectivity index (χ1) is 10.2. The number of primary amides is 1. The average Bonchev–Trinajstić information content (AvgIpc) is 2.44. The number of nitro groups is 1. The molecule has 2 aromatic rings. The molecule has 0 saturated heterocycles. The van der Waals surface area contributed by atoms with Crippen molar-refractivity contribution in [3.63, 3.8) is 0 Å². The average molecular weight is 305 g/mol. The molecule has 2 rings (SSSR count). The normalized spacial score (nSPS) is 11.4. The van der Waals surface area contributed by atoms with Crippen molar-refractivity contribution in [1.29, 1.82) is 0 Å². The van der Waals surface area contributed by atoms with Gasteiger partial charge in [-0.15, -0.1) is 0 Å². The van der Waals surface area contributed by atoms with E-state index in [-0.39, 0.29) is 18.0 Å². The second-order valence-electron chi connectivity index (χ2n) is 5.40. The van der Waals surface area contributed by atoms with E-state index in [1.807, 2.05) is 0 Å². The first-order valence-corrected chi connectivity index (χ1v) is 6.43. The lowest BCUT2D eigenvalue weighted by atomic mass is 9.93. The molecule has 0 bridgehead atoms. The fourth-order valence-electron chi connectivity index (χ4n) is 1.76. The highest BCUT2D eigenvalue weighted by Gasteiger charge is 2.28. The predicted octanol–water partition coefficient (Wildman–Crippen LogP) is 0.526. The Morgan fingerprint density at radius 3 is 2.77 bits per heavy atom. The molecule has 116 valence electrons. The first-order valence-electron chi connectivity index (χ1n) is 6.43. The highest BCUT2D eigenvalue weighted by atomic mass is 16.6. The Morgan fingerprint density at radius 2 is 2.18 bits per heavy atom. The summed E-state index contributed by atoms with van der Waals surface area (Å²) in [6.07, 6.45) is 1.40. The first kappa shape index (κ1) is 15.4. The minimum absolute atomic E-state index is 0.0125. The number of hydrogen-bond donors (Lipinski definition) is 2. The second kappa shape index (κ2) is 5.43. The second-order valence-corrected chi connectivity index (χ2v) is 5.40. The summed E-state index contributed by atoms with van der Waals surface area (Å²) in [5.74, 6) is -0.754. The number of rotatable bonds is 5. The maximum atomic E-state index is 12.2. The summed E-state index contributed by atoms with van der Waals surface area (Å²) < 4.78 is 1.09. The van der Waals surface area contributed by atoms with Crippen LogP contribution >= 0.6 is 0 Å². The molecule has 22 heavy (non-hydrogen) atoms. The van der Waals surface area contributed by atoms with Gasteiger partial charge in [0.2, 0.25) is 11.7 Å². The summed E-state index contributed by atoms with van der Waals surface area (Å²) in [6.45, 7) is 3.18. The molecule has 9 heteroatoms. The van der Waals surface area contributed by atoms with Crippen molar-refractivity contribution in [3.05, 3.63) is 44.9 Å². The van der Waals surface area contributed by atoms with Gasteiger partial charge in [-0.1, -0.05) is 6.07 Å². The molecule has 2 aromatic heterocycles. The van der Waals surface area contributed by atoms with Crippen LogP contribution in [0.4, 0.5) is 11.5 Å². The van der Waals surface area contributed by atoms with Gasteiger partial charge < -0.3 is 11.1 Å². The van der Waals surface area contributed by atoms with Crippen molar-refractivity contribution in [1.82, 2.24) is 9.38 Å². The highest BCUT2D eigenvalue weighted by Crippen LogP contribution is 2.21. The molecule has 9 nitrogen and oxygen atoms in total. The number of hydrogen-bond acceptors (Lipinski definition) is 6. The zero-order valence-electron chi connectivity index (χ0n) is 12.1. The third-order valence-electron chi connectivity index (χ3n) is 3.26. The number of anilines is 1. The number of fused-ring (bicyclic) bond motifs is 1. The Labute approximate surface area is 124 Å². The maximum absolute atomic E-state index is 12.2. The molecular formula is C13H15N5O4. The summed E-state index contributed by atoms with van der Waals surface area (Å²) in [5, 5.41) is 13.8. The molecule has 0 unspecified atom stereocenters. The van der Waals surface area contributed by atoms with Gasteiger partial charge in [0.1, 0.15) is 5.65 Å². The van der Waals surface area contributed by atoms with E-state index in [0.717, 1.165) is 4.40 Å². The molecule has 0 aromatic carbocycles. The summed E-state index contributed by atoms with van der Waals surface area (Å²) >= 11 is 0. The van der Waals surface area contributed by atoms with Gasteiger partial charge in [-0.05, 0) is 26.0 Å². The largest absolute Gasteiger partial charge is 0.376 e. The molecule has 0 aliphatic heterocycles. The number of aromatic nitrogens is 2. The van der Waals surface area contributed by atoms with Gasteiger partial charge in [-0.25, -0.2) is 4.98 Å². The standard InChI is InChI=1S/C13H15N5O4/c1-13(2,12(14)20)7-15-10-9(18(21)22)11(19)17-6-4-3-5-8(17)16-10/h3-6,15H,7H2,1-2H3,(H2,14,20). The molecule has 0 spiro atoms. The van der Waals surface area contributed by atoms with Crippen LogP contribution in [0.15, 0.2) is 29.2 Å². The van der Waals surface area contributed by atoms with E-state index in [4.69, 9.17) is 5.73 Å². The third-order valence-corrected chi connectivity index (χ3v) is 3.26. The topological polar surface area (TPSA) is 133 Å². The lowest BCUT2D eigenvalue weighted by Crippen LogP contribution is -2.38. The number of carbonyl (C=O) groups excluding carboxylic acids is 1. The SMILES string of the molecule is CC(C)(CNc1nc2ccccn2c(=O)c1[N+](=O)[O-])C(N)=O. The van der Waals surface area contributed by atoms with Crippen LogP contribution in [0.1, 0.15) is 13.8 Å². The van der Waals surface area contributed by atoms with E-state index in [1.54, 1.807) is 32.0 Å². The zero-order chi connectivity index (χ0) is 16.5. The van der Waals surface area contributed by atoms with Crippen LogP contribution in [0.25, 0.3) is 5.65 Å². The number of pyridine rings is 1. The number of nitrogens with one attached hydrogen (secondary N) is 1. The number of nitrogens with zero attached hydrogens (tertiary/aromatic N) is 3. The van der Waals surface area contributed by atoms with E-state index in [9.17, 15) is 19.7 Å². The molecule has 0 aliphatic carbocycles. The zero-order valence-corrected chi connectivity index (χ0v) is 12.1. The Hall–Kier alpha value is -2.97. The maximum Gasteiger partial charge on any atom is 0.376 e. The van der Waals surface area contributed by atoms with Crippen LogP contribution in [-0.2, 0) is 4.79 Å². The molecule has 1 amide bonds. The van der Waals surface area contributed by atoms with Crippen molar-refractivity contribution in [2.24, 2.45) is 11.1 Å². The number of nitrogens with two attached hydrogens (primary N) is 1. The fraction of sp³-hybridized carbons (Fsp3) is 0.308. The van der Waals surface area contributed by atoms with Crippen molar-refractivity contribution in [3.8, 4) is 0 Å². The highest BCUT2D eigenvalue weighted by molar-refractivity contribution is 5.80. The molecular weight excluding hydrogens is 290 g/mol. The molecule has 0 atom stereocenters. The summed E-state index contributed by atoms with van der Waals surface area (Å²) in [7, 11) is 0. The van der Waals surface area contributed by atoms with Crippen LogP contribution in [0.3, 0.4) is 0 Å². The van der Waals surface area contributed by atoms with Crippen LogP contribution in [0, 0.1) is 15.5 Å². The molecule has 0 fully saturated rings. The van der Waals surface area contributed by atoms with Gasteiger partial charge >= 0.3 is 11.2 Å². The fourth-order valence-corrected chi connectivity index (χ4v) is 1.76. The Bertz CT molecular complexity index is 812. The molecule has 0 saturated carbocycles. The quantitative estimate of drug-likeness (QED) is 0.611. The van der Waals surface area contributed by atoms with Crippen LogP contribution in [0.2, 0.25) is 0 Å². The molecule has 0 aliphatic rings. The van der Waals surface area contributed by atoms with Crippen molar-refractivity contribution >= 4 is 23.1 Å². The molecule has 2 heterocycles. The van der Waals surface area contributed by atoms with Gasteiger partial charge in [-0.3, -0.25) is 24.1 Å². The minimum atomic E-state index is -0.947. The predicted molar refractivity (Wildman–Crippen MR) is 79.6 cm³/mol. The van der Waals surface area contributed by atoms with Crippen LogP contribution < -0.4 is 16.6 Å². The smallest absolute Gasteiger partial charge is 0.369 e. The van der Waals surface area contributed by atoms with Crippen molar-refractivity contribution in [2.45, 2.75) is 13.8 Å². The van der Waals surface area contributed by atoms with Crippen molar-refractivity contribution < 1.29 is 9.72 Å². The van der Waals surface area contributed by atoms with Gasteiger partial charge in [0.15, 0.2) is 0 Å². The Kier molecular flexibility index (Phi) is 3.81. The van der Waals surface area contributed by atoms with Crippen LogP contribution in [0.5, 0.6) is 0 Å². The van der Waals surface area contributed by atoms with Gasteiger partial charge in [0.25, 0.3) is 0 Å². The monoisotopic (exact) mass is 305 g/mol. The van der Waals surface area contributed by atoms with Crippen molar-refractivity contribution in [2.75, 3.05) is 11.9 Å². The van der Waals surface area contributed by atoms with E-state index < -0.39 is 27.5 Å². The minimum Gasteiger partial charge on any atom is -0.369 e. The molecule has 0 radical (unpaired) electrons. The van der Waals surface area contributed by atoms with Gasteiger partial charge in [0, 0.05) is 12.7 Å².